The van der Waals surface area contributed by atoms with E-state index >= 15 is 0 Å². The van der Waals surface area contributed by atoms with Crippen LogP contribution in [0.15, 0.2) is 93.3 Å². The summed E-state index contributed by atoms with van der Waals surface area (Å²) in [7, 11) is -3.78. The molecule has 2 N–H and O–H groups in total. The number of aromatic amines is 1. The fraction of sp³-hybridized carbons (Fsp3) is 0.167. The number of rotatable bonds is 8. The smallest absolute Gasteiger partial charge is 0.328 e. The Kier molecular flexibility index (Phi) is 6.43. The summed E-state index contributed by atoms with van der Waals surface area (Å²) in [5, 5.41) is 10.5. The number of nitrogens with one attached hydrogen (secondary N) is 1. The van der Waals surface area contributed by atoms with Gasteiger partial charge in [0.05, 0.1) is 10.3 Å². The highest BCUT2D eigenvalue weighted by Gasteiger charge is 2.24. The quantitative estimate of drug-likeness (QED) is 0.416. The molecule has 8 nitrogen and oxygen atoms in total. The van der Waals surface area contributed by atoms with Gasteiger partial charge < -0.3 is 5.11 Å². The van der Waals surface area contributed by atoms with Gasteiger partial charge >= 0.3 is 5.69 Å². The van der Waals surface area contributed by atoms with Gasteiger partial charge in [-0.2, -0.15) is 4.31 Å². The Bertz CT molecular complexity index is 1480. The molecule has 1 aromatic heterocycles. The number of sulfonamides is 1. The molecule has 0 aliphatic heterocycles. The molecule has 0 unspecified atom stereocenters. The van der Waals surface area contributed by atoms with Crippen molar-refractivity contribution in [2.75, 3.05) is 6.54 Å². The van der Waals surface area contributed by atoms with Gasteiger partial charge in [-0.15, -0.1) is 0 Å². The summed E-state index contributed by atoms with van der Waals surface area (Å²) in [5.74, 6) is -0.186. The molecule has 0 saturated heterocycles. The number of hydrogen-bond donors (Lipinski definition) is 2. The molecular weight excluding hydrogens is 442 g/mol. The number of nitrogens with zero attached hydrogens (tertiary/aromatic N) is 2. The molecule has 170 valence electrons. The predicted octanol–water partition coefficient (Wildman–Crippen LogP) is 2.68. The van der Waals surface area contributed by atoms with Crippen LogP contribution >= 0.6 is 0 Å². The summed E-state index contributed by atoms with van der Waals surface area (Å²) in [4.78, 5) is 27.0. The van der Waals surface area contributed by atoms with Crippen LogP contribution in [-0.2, 0) is 23.1 Å². The molecule has 0 amide bonds. The van der Waals surface area contributed by atoms with Crippen molar-refractivity contribution >= 4 is 20.9 Å². The zero-order valence-corrected chi connectivity index (χ0v) is 18.5. The predicted molar refractivity (Wildman–Crippen MR) is 126 cm³/mol. The number of hydrogen-bond acceptors (Lipinski definition) is 5. The minimum Gasteiger partial charge on any atom is -0.506 e. The van der Waals surface area contributed by atoms with Gasteiger partial charge in [-0.05, 0) is 36.2 Å². The van der Waals surface area contributed by atoms with E-state index in [9.17, 15) is 23.1 Å². The molecule has 0 fully saturated rings. The third-order valence-corrected chi connectivity index (χ3v) is 7.23. The van der Waals surface area contributed by atoms with Crippen LogP contribution in [0.1, 0.15) is 12.0 Å². The third-order valence-electron chi connectivity index (χ3n) is 5.37. The number of para-hydroxylation sites is 1. The number of fused-ring (bicyclic) bond motifs is 1. The Labute approximate surface area is 190 Å². The van der Waals surface area contributed by atoms with Crippen LogP contribution in [0.3, 0.4) is 0 Å². The maximum absolute atomic E-state index is 13.3. The monoisotopic (exact) mass is 465 g/mol. The molecule has 0 atom stereocenters. The summed E-state index contributed by atoms with van der Waals surface area (Å²) in [5.41, 5.74) is -0.276. The van der Waals surface area contributed by atoms with Gasteiger partial charge in [0.15, 0.2) is 0 Å². The lowest BCUT2D eigenvalue weighted by molar-refractivity contribution is 0.387. The van der Waals surface area contributed by atoms with Crippen molar-refractivity contribution in [1.82, 2.24) is 13.9 Å². The Balaban J connectivity index is 1.64. The van der Waals surface area contributed by atoms with Crippen molar-refractivity contribution in [3.8, 4) is 5.75 Å². The lowest BCUT2D eigenvalue weighted by Crippen LogP contribution is -2.34. The van der Waals surface area contributed by atoms with Crippen molar-refractivity contribution in [2.45, 2.75) is 24.4 Å². The topological polar surface area (TPSA) is 112 Å². The van der Waals surface area contributed by atoms with Crippen LogP contribution in [0.5, 0.6) is 5.75 Å². The highest BCUT2D eigenvalue weighted by Crippen LogP contribution is 2.22. The van der Waals surface area contributed by atoms with Gasteiger partial charge in [0.2, 0.25) is 10.0 Å². The second kappa shape index (κ2) is 9.43. The number of phenolic OH excluding ortho intramolecular Hbond substituents is 1. The molecule has 9 heteroatoms. The van der Waals surface area contributed by atoms with E-state index in [2.05, 4.69) is 4.98 Å². The van der Waals surface area contributed by atoms with E-state index in [4.69, 9.17) is 0 Å². The maximum atomic E-state index is 13.3. The Morgan fingerprint density at radius 3 is 2.24 bits per heavy atom. The van der Waals surface area contributed by atoms with Crippen molar-refractivity contribution in [1.29, 1.82) is 0 Å². The molecule has 0 saturated carbocycles. The highest BCUT2D eigenvalue weighted by molar-refractivity contribution is 7.89. The van der Waals surface area contributed by atoms with Gasteiger partial charge in [0, 0.05) is 19.6 Å². The first-order valence-electron chi connectivity index (χ1n) is 10.4. The van der Waals surface area contributed by atoms with Gasteiger partial charge in [0.25, 0.3) is 5.56 Å². The zero-order chi connectivity index (χ0) is 23.4. The fourth-order valence-corrected chi connectivity index (χ4v) is 5.25. The first kappa shape index (κ1) is 22.5. The summed E-state index contributed by atoms with van der Waals surface area (Å²) in [6, 6.07) is 21.9. The van der Waals surface area contributed by atoms with Crippen molar-refractivity contribution in [2.24, 2.45) is 0 Å². The molecular formula is C24H23N3O5S. The van der Waals surface area contributed by atoms with Crippen molar-refractivity contribution in [3.05, 3.63) is 105 Å². The molecule has 4 aromatic rings. The van der Waals surface area contributed by atoms with Gasteiger partial charge in [-0.3, -0.25) is 14.3 Å². The molecule has 0 aliphatic rings. The Morgan fingerprint density at radius 1 is 0.879 bits per heavy atom. The minimum atomic E-state index is -3.78. The van der Waals surface area contributed by atoms with Crippen LogP contribution in [0.2, 0.25) is 0 Å². The van der Waals surface area contributed by atoms with Crippen LogP contribution in [-0.4, -0.2) is 33.9 Å². The zero-order valence-electron chi connectivity index (χ0n) is 17.7. The van der Waals surface area contributed by atoms with Crippen LogP contribution in [0.4, 0.5) is 0 Å². The van der Waals surface area contributed by atoms with E-state index < -0.39 is 21.3 Å². The number of aromatic hydroxyl groups is 1. The Hall–Kier alpha value is -3.69. The normalized spacial score (nSPS) is 11.8. The van der Waals surface area contributed by atoms with E-state index in [-0.39, 0.29) is 47.6 Å². The second-order valence-corrected chi connectivity index (χ2v) is 9.51. The number of H-pyrrole nitrogens is 1. The van der Waals surface area contributed by atoms with Crippen molar-refractivity contribution in [3.63, 3.8) is 0 Å². The second-order valence-electron chi connectivity index (χ2n) is 7.58. The maximum Gasteiger partial charge on any atom is 0.328 e. The average Bonchev–Trinajstić information content (AvgIpc) is 2.82. The third kappa shape index (κ3) is 4.74. The first-order valence-corrected chi connectivity index (χ1v) is 11.9. The molecule has 0 bridgehead atoms. The number of aromatic nitrogens is 2. The number of aryl methyl sites for hydroxylation is 1. The molecule has 33 heavy (non-hydrogen) atoms. The van der Waals surface area contributed by atoms with E-state index in [0.717, 1.165) is 5.56 Å². The highest BCUT2D eigenvalue weighted by atomic mass is 32.2. The SMILES string of the molecule is O=c1[nH]c(=O)n(CCCN(Cc2ccccc2)S(=O)(=O)c2ccccc2)c2c(O)cccc12. The van der Waals surface area contributed by atoms with Crippen LogP contribution in [0.25, 0.3) is 10.9 Å². The summed E-state index contributed by atoms with van der Waals surface area (Å²) in [6.07, 6.45) is 0.286. The number of benzene rings is 3. The van der Waals surface area contributed by atoms with Gasteiger partial charge in [-0.1, -0.05) is 54.6 Å². The van der Waals surface area contributed by atoms with E-state index in [0.29, 0.717) is 0 Å². The van der Waals surface area contributed by atoms with Crippen molar-refractivity contribution < 1.29 is 13.5 Å². The molecule has 0 radical (unpaired) electrons. The average molecular weight is 466 g/mol. The summed E-state index contributed by atoms with van der Waals surface area (Å²) < 4.78 is 29.3. The molecule has 0 aliphatic carbocycles. The standard InChI is InChI=1S/C24H23N3O5S/c28-21-14-7-13-20-22(21)27(24(30)25-23(20)29)16-8-15-26(17-18-9-3-1-4-10-18)33(31,32)19-11-5-2-6-12-19/h1-7,9-14,28H,8,15-17H2,(H,25,29,30). The van der Waals surface area contributed by atoms with Crippen LogP contribution < -0.4 is 11.2 Å². The molecule has 0 spiro atoms. The lowest BCUT2D eigenvalue weighted by atomic mass is 10.2. The van der Waals surface area contributed by atoms with Crippen LogP contribution in [0, 0.1) is 0 Å². The fourth-order valence-electron chi connectivity index (χ4n) is 3.76. The number of phenols is 1. The molecule has 3 aromatic carbocycles. The molecule has 1 heterocycles. The van der Waals surface area contributed by atoms with E-state index in [1.807, 2.05) is 30.3 Å². The van der Waals surface area contributed by atoms with Gasteiger partial charge in [-0.25, -0.2) is 13.2 Å². The van der Waals surface area contributed by atoms with Gasteiger partial charge in [0.1, 0.15) is 11.3 Å². The van der Waals surface area contributed by atoms with E-state index in [1.54, 1.807) is 30.3 Å². The van der Waals surface area contributed by atoms with E-state index in [1.165, 1.54) is 27.1 Å². The summed E-state index contributed by atoms with van der Waals surface area (Å²) >= 11 is 0. The minimum absolute atomic E-state index is 0.110. The Morgan fingerprint density at radius 2 is 1.55 bits per heavy atom. The summed E-state index contributed by atoms with van der Waals surface area (Å²) in [6.45, 7) is 0.413. The lowest BCUT2D eigenvalue weighted by Gasteiger charge is -2.23. The molecule has 4 rings (SSSR count). The first-order chi connectivity index (χ1) is 15.9. The largest absolute Gasteiger partial charge is 0.506 e.